The van der Waals surface area contributed by atoms with Crippen molar-refractivity contribution in [3.05, 3.63) is 68.4 Å². The molecule has 3 rings (SSSR count). The van der Waals surface area contributed by atoms with Gasteiger partial charge in [0.15, 0.2) is 0 Å². The van der Waals surface area contributed by atoms with Gasteiger partial charge in [0.2, 0.25) is 0 Å². The number of halogens is 3. The van der Waals surface area contributed by atoms with Gasteiger partial charge in [-0.1, -0.05) is 34.8 Å². The molecule has 1 N–H and O–H groups in total. The predicted molar refractivity (Wildman–Crippen MR) is 106 cm³/mol. The van der Waals surface area contributed by atoms with Crippen LogP contribution in [0.15, 0.2) is 46.6 Å². The first-order valence-corrected chi connectivity index (χ1v) is 8.87. The minimum atomic E-state index is -1.11. The Kier molecular flexibility index (Phi) is 5.51. The monoisotopic (exact) mass is 422 g/mol. The zero-order valence-electron chi connectivity index (χ0n) is 14.2. The van der Waals surface area contributed by atoms with E-state index < -0.39 is 5.97 Å². The van der Waals surface area contributed by atoms with Crippen LogP contribution in [0.25, 0.3) is 5.69 Å². The quantitative estimate of drug-likeness (QED) is 0.482. The largest absolute Gasteiger partial charge is 0.478 e. The number of carboxylic acids is 1. The van der Waals surface area contributed by atoms with Crippen molar-refractivity contribution in [3.8, 4) is 5.69 Å². The zero-order chi connectivity index (χ0) is 19.7. The number of hydrogen-bond donors (Lipinski definition) is 1. The van der Waals surface area contributed by atoms with Crippen molar-refractivity contribution < 1.29 is 9.90 Å². The Bertz CT molecular complexity index is 1080. The third-order valence-electron chi connectivity index (χ3n) is 3.85. The molecule has 0 radical (unpaired) electrons. The standard InChI is InChI=1S/C18H13Cl3N4O2/c1-9-17(23-22-11-3-5-15(20)16(21)7-11)10(2)25(24-9)12-4-6-14(19)13(8-12)18(26)27/h3-8H,1-2H3,(H,26,27). The van der Waals surface area contributed by atoms with Gasteiger partial charge in [-0.05, 0) is 50.2 Å². The van der Waals surface area contributed by atoms with Crippen LogP contribution in [0.5, 0.6) is 0 Å². The minimum Gasteiger partial charge on any atom is -0.478 e. The summed E-state index contributed by atoms with van der Waals surface area (Å²) in [6.45, 7) is 3.61. The molecule has 3 aromatic rings. The second-order valence-electron chi connectivity index (χ2n) is 5.70. The van der Waals surface area contributed by atoms with E-state index in [4.69, 9.17) is 34.8 Å². The Balaban J connectivity index is 2.00. The molecule has 0 saturated heterocycles. The van der Waals surface area contributed by atoms with Crippen molar-refractivity contribution in [3.63, 3.8) is 0 Å². The van der Waals surface area contributed by atoms with E-state index in [0.29, 0.717) is 38.5 Å². The number of rotatable bonds is 4. The van der Waals surface area contributed by atoms with E-state index in [2.05, 4.69) is 15.3 Å². The highest BCUT2D eigenvalue weighted by molar-refractivity contribution is 6.42. The Morgan fingerprint density at radius 2 is 1.70 bits per heavy atom. The fourth-order valence-corrected chi connectivity index (χ4v) is 2.99. The molecular weight excluding hydrogens is 411 g/mol. The normalized spacial score (nSPS) is 11.3. The van der Waals surface area contributed by atoms with Gasteiger partial charge in [0.05, 0.1) is 43.4 Å². The SMILES string of the molecule is Cc1nn(-c2ccc(Cl)c(C(=O)O)c2)c(C)c1N=Nc1ccc(Cl)c(Cl)c1. The summed E-state index contributed by atoms with van der Waals surface area (Å²) in [6, 6.07) is 9.63. The van der Waals surface area contributed by atoms with Gasteiger partial charge in [0, 0.05) is 0 Å². The first-order valence-electron chi connectivity index (χ1n) is 7.74. The number of benzene rings is 2. The number of aromatic carboxylic acids is 1. The maximum Gasteiger partial charge on any atom is 0.337 e. The van der Waals surface area contributed by atoms with Gasteiger partial charge < -0.3 is 5.11 Å². The molecule has 0 aliphatic carbocycles. The molecule has 2 aromatic carbocycles. The summed E-state index contributed by atoms with van der Waals surface area (Å²) in [5.41, 5.74) is 3.04. The Morgan fingerprint density at radius 3 is 2.37 bits per heavy atom. The fourth-order valence-electron chi connectivity index (χ4n) is 2.49. The summed E-state index contributed by atoms with van der Waals surface area (Å²) < 4.78 is 1.60. The first-order chi connectivity index (χ1) is 12.8. The molecule has 6 nitrogen and oxygen atoms in total. The molecule has 0 saturated carbocycles. The van der Waals surface area contributed by atoms with Crippen molar-refractivity contribution in [2.75, 3.05) is 0 Å². The molecule has 0 fully saturated rings. The van der Waals surface area contributed by atoms with Crippen LogP contribution in [-0.2, 0) is 0 Å². The topological polar surface area (TPSA) is 79.8 Å². The third kappa shape index (κ3) is 3.98. The van der Waals surface area contributed by atoms with Crippen LogP contribution in [-0.4, -0.2) is 20.9 Å². The molecule has 1 aromatic heterocycles. The first kappa shape index (κ1) is 19.4. The summed E-state index contributed by atoms with van der Waals surface area (Å²) in [5.74, 6) is -1.11. The van der Waals surface area contributed by atoms with Gasteiger partial charge in [-0.3, -0.25) is 0 Å². The second kappa shape index (κ2) is 7.68. The lowest BCUT2D eigenvalue weighted by Crippen LogP contribution is -2.03. The van der Waals surface area contributed by atoms with E-state index in [9.17, 15) is 9.90 Å². The molecule has 0 aliphatic rings. The van der Waals surface area contributed by atoms with Crippen molar-refractivity contribution in [2.24, 2.45) is 10.2 Å². The molecule has 0 bridgehead atoms. The predicted octanol–water partition coefficient (Wildman–Crippen LogP) is 6.56. The number of azo groups is 1. The van der Waals surface area contributed by atoms with E-state index in [1.54, 1.807) is 35.9 Å². The molecule has 0 amide bonds. The Labute approximate surface area is 170 Å². The van der Waals surface area contributed by atoms with E-state index in [-0.39, 0.29) is 10.6 Å². The summed E-state index contributed by atoms with van der Waals surface area (Å²) >= 11 is 17.8. The number of aromatic nitrogens is 2. The van der Waals surface area contributed by atoms with E-state index in [1.807, 2.05) is 6.92 Å². The summed E-state index contributed by atoms with van der Waals surface area (Å²) in [4.78, 5) is 11.3. The van der Waals surface area contributed by atoms with Crippen LogP contribution in [0.1, 0.15) is 21.7 Å². The van der Waals surface area contributed by atoms with Crippen molar-refractivity contribution in [2.45, 2.75) is 13.8 Å². The van der Waals surface area contributed by atoms with Gasteiger partial charge >= 0.3 is 5.97 Å². The Morgan fingerprint density at radius 1 is 1.00 bits per heavy atom. The van der Waals surface area contributed by atoms with Crippen molar-refractivity contribution in [1.82, 2.24) is 9.78 Å². The lowest BCUT2D eigenvalue weighted by molar-refractivity contribution is 0.0697. The van der Waals surface area contributed by atoms with Gasteiger partial charge in [-0.2, -0.15) is 10.2 Å². The average molecular weight is 424 g/mol. The Hall–Kier alpha value is -2.41. The minimum absolute atomic E-state index is 0.000650. The molecular formula is C18H13Cl3N4O2. The van der Waals surface area contributed by atoms with Crippen molar-refractivity contribution >= 4 is 52.1 Å². The average Bonchev–Trinajstić information content (AvgIpc) is 2.90. The number of hydrogen-bond acceptors (Lipinski definition) is 4. The van der Waals surface area contributed by atoms with E-state index in [1.165, 1.54) is 12.1 Å². The molecule has 0 aliphatic heterocycles. The van der Waals surface area contributed by atoms with Crippen LogP contribution in [0.3, 0.4) is 0 Å². The summed E-state index contributed by atoms with van der Waals surface area (Å²) in [5, 5.41) is 23.1. The molecule has 0 unspecified atom stereocenters. The van der Waals surface area contributed by atoms with Gasteiger partial charge in [0.25, 0.3) is 0 Å². The van der Waals surface area contributed by atoms with Crippen LogP contribution in [0.2, 0.25) is 15.1 Å². The fraction of sp³-hybridized carbons (Fsp3) is 0.111. The van der Waals surface area contributed by atoms with Gasteiger partial charge in [-0.25, -0.2) is 9.48 Å². The second-order valence-corrected chi connectivity index (χ2v) is 6.92. The maximum absolute atomic E-state index is 11.3. The van der Waals surface area contributed by atoms with Crippen LogP contribution < -0.4 is 0 Å². The lowest BCUT2D eigenvalue weighted by atomic mass is 10.2. The van der Waals surface area contributed by atoms with E-state index in [0.717, 1.165) is 0 Å². The van der Waals surface area contributed by atoms with E-state index >= 15 is 0 Å². The molecule has 0 spiro atoms. The molecule has 1 heterocycles. The van der Waals surface area contributed by atoms with Crippen LogP contribution >= 0.6 is 34.8 Å². The molecule has 0 atom stereocenters. The van der Waals surface area contributed by atoms with Crippen molar-refractivity contribution in [1.29, 1.82) is 0 Å². The highest BCUT2D eigenvalue weighted by atomic mass is 35.5. The number of carbonyl (C=O) groups is 1. The number of nitrogens with zero attached hydrogens (tertiary/aromatic N) is 4. The highest BCUT2D eigenvalue weighted by Crippen LogP contribution is 2.31. The lowest BCUT2D eigenvalue weighted by Gasteiger charge is -2.06. The van der Waals surface area contributed by atoms with Gasteiger partial charge in [-0.15, -0.1) is 5.11 Å². The number of carboxylic acid groups (broad SMARTS) is 1. The molecule has 138 valence electrons. The van der Waals surface area contributed by atoms with Crippen LogP contribution in [0.4, 0.5) is 11.4 Å². The third-order valence-corrected chi connectivity index (χ3v) is 4.92. The zero-order valence-corrected chi connectivity index (χ0v) is 16.5. The summed E-state index contributed by atoms with van der Waals surface area (Å²) in [7, 11) is 0. The summed E-state index contributed by atoms with van der Waals surface area (Å²) in [6.07, 6.45) is 0. The highest BCUT2D eigenvalue weighted by Gasteiger charge is 2.16. The van der Waals surface area contributed by atoms with Crippen LogP contribution in [0, 0.1) is 13.8 Å². The van der Waals surface area contributed by atoms with Gasteiger partial charge in [0.1, 0.15) is 5.69 Å². The molecule has 9 heteroatoms. The smallest absolute Gasteiger partial charge is 0.337 e. The maximum atomic E-state index is 11.3. The number of aryl methyl sites for hydroxylation is 1. The molecule has 27 heavy (non-hydrogen) atoms.